The van der Waals surface area contributed by atoms with Gasteiger partial charge >= 0.3 is 5.97 Å². The van der Waals surface area contributed by atoms with Gasteiger partial charge in [-0.05, 0) is 13.8 Å². The number of ether oxygens (including phenoxy) is 1. The molecule has 7 heteroatoms. The largest absolute Gasteiger partial charge is 0.465 e. The van der Waals surface area contributed by atoms with Crippen LogP contribution in [0.4, 0.5) is 0 Å². The van der Waals surface area contributed by atoms with Gasteiger partial charge in [0.05, 0.1) is 7.11 Å². The molecule has 0 unspecified atom stereocenters. The van der Waals surface area contributed by atoms with Gasteiger partial charge in [-0.2, -0.15) is 4.31 Å². The monoisotopic (exact) mass is 289 g/mol. The maximum atomic E-state index is 12.5. The summed E-state index contributed by atoms with van der Waals surface area (Å²) in [7, 11) is -2.55. The zero-order chi connectivity index (χ0) is 14.8. The van der Waals surface area contributed by atoms with Crippen LogP contribution in [0.15, 0.2) is 9.31 Å². The molecule has 1 aromatic heterocycles. The van der Waals surface area contributed by atoms with Crippen LogP contribution in [0.3, 0.4) is 0 Å². The van der Waals surface area contributed by atoms with E-state index in [1.807, 2.05) is 0 Å². The highest BCUT2D eigenvalue weighted by Gasteiger charge is 2.34. The second kappa shape index (κ2) is 5.75. The van der Waals surface area contributed by atoms with Crippen molar-refractivity contribution in [1.82, 2.24) is 4.31 Å². The Labute approximate surface area is 113 Å². The summed E-state index contributed by atoms with van der Waals surface area (Å²) >= 11 is 0. The first-order valence-corrected chi connectivity index (χ1v) is 7.43. The quantitative estimate of drug-likeness (QED) is 0.771. The highest BCUT2D eigenvalue weighted by atomic mass is 32.2. The van der Waals surface area contributed by atoms with Crippen molar-refractivity contribution >= 4 is 16.0 Å². The van der Waals surface area contributed by atoms with Gasteiger partial charge in [-0.3, -0.25) is 0 Å². The van der Waals surface area contributed by atoms with Gasteiger partial charge in [-0.25, -0.2) is 13.2 Å². The van der Waals surface area contributed by atoms with Crippen LogP contribution in [-0.4, -0.2) is 38.9 Å². The van der Waals surface area contributed by atoms with Gasteiger partial charge in [0.25, 0.3) is 0 Å². The lowest BCUT2D eigenvalue weighted by Gasteiger charge is -2.18. The maximum Gasteiger partial charge on any atom is 0.342 e. The molecule has 0 amide bonds. The number of sulfonamides is 1. The molecule has 0 bridgehead atoms. The number of esters is 1. The number of hydrogen-bond acceptors (Lipinski definition) is 5. The molecule has 0 aromatic carbocycles. The van der Waals surface area contributed by atoms with Crippen molar-refractivity contribution in [3.8, 4) is 0 Å². The van der Waals surface area contributed by atoms with Gasteiger partial charge in [0, 0.05) is 13.1 Å². The average molecular weight is 289 g/mol. The third-order valence-corrected chi connectivity index (χ3v) is 5.10. The fraction of sp³-hybridized carbons (Fsp3) is 0.583. The van der Waals surface area contributed by atoms with Crippen molar-refractivity contribution in [2.45, 2.75) is 32.6 Å². The predicted octanol–water partition coefficient (Wildman–Crippen LogP) is 1.71. The normalized spacial score (nSPS) is 11.9. The van der Waals surface area contributed by atoms with E-state index in [9.17, 15) is 13.2 Å². The van der Waals surface area contributed by atoms with Crippen molar-refractivity contribution in [3.05, 3.63) is 17.1 Å². The Bertz CT molecular complexity index is 569. The van der Waals surface area contributed by atoms with Crippen molar-refractivity contribution in [1.29, 1.82) is 0 Å². The molecule has 0 radical (unpaired) electrons. The average Bonchev–Trinajstić information content (AvgIpc) is 2.65. The fourth-order valence-corrected chi connectivity index (χ4v) is 3.83. The second-order valence-corrected chi connectivity index (χ2v) is 5.87. The Morgan fingerprint density at radius 3 is 2.16 bits per heavy atom. The van der Waals surface area contributed by atoms with Crippen LogP contribution in [0.2, 0.25) is 0 Å². The van der Waals surface area contributed by atoms with Crippen LogP contribution in [0.25, 0.3) is 0 Å². The number of carbonyl (C=O) groups is 1. The molecular weight excluding hydrogens is 270 g/mol. The van der Waals surface area contributed by atoms with Crippen molar-refractivity contribution < 1.29 is 22.4 Å². The molecule has 108 valence electrons. The molecule has 1 rings (SSSR count). The van der Waals surface area contributed by atoms with E-state index in [2.05, 4.69) is 4.74 Å². The number of aryl methyl sites for hydroxylation is 2. The van der Waals surface area contributed by atoms with E-state index in [1.54, 1.807) is 20.8 Å². The van der Waals surface area contributed by atoms with Gasteiger partial charge in [-0.15, -0.1) is 0 Å². The summed E-state index contributed by atoms with van der Waals surface area (Å²) in [5.74, 6) is -0.264. The SMILES string of the molecule is CCN(CC)S(=O)(=O)c1c(C)oc(C)c1C(=O)OC. The molecule has 0 fully saturated rings. The van der Waals surface area contributed by atoms with Crippen molar-refractivity contribution in [3.63, 3.8) is 0 Å². The molecule has 0 N–H and O–H groups in total. The van der Waals surface area contributed by atoms with Gasteiger partial charge in [0.2, 0.25) is 10.0 Å². The summed E-state index contributed by atoms with van der Waals surface area (Å²) in [6.07, 6.45) is 0. The fourth-order valence-electron chi connectivity index (χ4n) is 2.00. The molecule has 0 aliphatic carbocycles. The van der Waals surface area contributed by atoms with E-state index in [0.717, 1.165) is 0 Å². The van der Waals surface area contributed by atoms with E-state index in [4.69, 9.17) is 4.42 Å². The van der Waals surface area contributed by atoms with E-state index in [1.165, 1.54) is 18.3 Å². The number of nitrogens with zero attached hydrogens (tertiary/aromatic N) is 1. The molecule has 6 nitrogen and oxygen atoms in total. The smallest absolute Gasteiger partial charge is 0.342 e. The summed E-state index contributed by atoms with van der Waals surface area (Å²) < 4.78 is 36.2. The minimum atomic E-state index is -3.76. The first-order chi connectivity index (χ1) is 8.81. The summed E-state index contributed by atoms with van der Waals surface area (Å²) in [6, 6.07) is 0. The first kappa shape index (κ1) is 15.7. The Balaban J connectivity index is 3.55. The molecule has 0 aliphatic rings. The molecular formula is C12H19NO5S. The number of rotatable bonds is 5. The lowest BCUT2D eigenvalue weighted by Crippen LogP contribution is -2.32. The number of carbonyl (C=O) groups excluding carboxylic acids is 1. The van der Waals surface area contributed by atoms with Gasteiger partial charge in [0.15, 0.2) is 0 Å². The summed E-state index contributed by atoms with van der Waals surface area (Å²) in [6.45, 7) is 7.19. The topological polar surface area (TPSA) is 76.8 Å². The number of furan rings is 1. The van der Waals surface area contributed by atoms with Crippen LogP contribution in [0.5, 0.6) is 0 Å². The van der Waals surface area contributed by atoms with Crippen molar-refractivity contribution in [2.24, 2.45) is 0 Å². The molecule has 0 saturated heterocycles. The third-order valence-electron chi connectivity index (χ3n) is 2.90. The standard InChI is InChI=1S/C12H19NO5S/c1-6-13(7-2)19(15,16)11-9(4)18-8(3)10(11)12(14)17-5/h6-7H2,1-5H3. The van der Waals surface area contributed by atoms with Gasteiger partial charge in [-0.1, -0.05) is 13.8 Å². The van der Waals surface area contributed by atoms with Crippen LogP contribution in [0, 0.1) is 13.8 Å². The molecule has 0 aliphatic heterocycles. The highest BCUT2D eigenvalue weighted by molar-refractivity contribution is 7.89. The van der Waals surface area contributed by atoms with Crippen LogP contribution < -0.4 is 0 Å². The molecule has 1 heterocycles. The maximum absolute atomic E-state index is 12.5. The number of methoxy groups -OCH3 is 1. The lowest BCUT2D eigenvalue weighted by molar-refractivity contribution is 0.0594. The summed E-state index contributed by atoms with van der Waals surface area (Å²) in [5.41, 5.74) is -0.0214. The predicted molar refractivity (Wildman–Crippen MR) is 69.6 cm³/mol. The third kappa shape index (κ3) is 2.66. The Morgan fingerprint density at radius 1 is 1.21 bits per heavy atom. The zero-order valence-corrected chi connectivity index (χ0v) is 12.6. The lowest BCUT2D eigenvalue weighted by atomic mass is 10.2. The first-order valence-electron chi connectivity index (χ1n) is 5.99. The van der Waals surface area contributed by atoms with E-state index < -0.39 is 16.0 Å². The highest BCUT2D eigenvalue weighted by Crippen LogP contribution is 2.29. The van der Waals surface area contributed by atoms with Crippen molar-refractivity contribution in [2.75, 3.05) is 20.2 Å². The minimum absolute atomic E-state index is 0.0214. The molecule has 1 aromatic rings. The minimum Gasteiger partial charge on any atom is -0.465 e. The summed E-state index contributed by atoms with van der Waals surface area (Å²) in [5, 5.41) is 0. The molecule has 0 atom stereocenters. The second-order valence-electron chi connectivity index (χ2n) is 4.00. The zero-order valence-electron chi connectivity index (χ0n) is 11.8. The number of hydrogen-bond donors (Lipinski definition) is 0. The van der Waals surface area contributed by atoms with E-state index in [0.29, 0.717) is 13.1 Å². The van der Waals surface area contributed by atoms with E-state index in [-0.39, 0.29) is 22.0 Å². The summed E-state index contributed by atoms with van der Waals surface area (Å²) in [4.78, 5) is 11.7. The van der Waals surface area contributed by atoms with Crippen LogP contribution in [-0.2, 0) is 14.8 Å². The van der Waals surface area contributed by atoms with Crippen LogP contribution >= 0.6 is 0 Å². The van der Waals surface area contributed by atoms with E-state index >= 15 is 0 Å². The Kier molecular flexibility index (Phi) is 4.75. The van der Waals surface area contributed by atoms with Gasteiger partial charge < -0.3 is 9.15 Å². The van der Waals surface area contributed by atoms with Gasteiger partial charge in [0.1, 0.15) is 22.0 Å². The van der Waals surface area contributed by atoms with Crippen LogP contribution in [0.1, 0.15) is 35.7 Å². The Morgan fingerprint density at radius 2 is 1.74 bits per heavy atom. The molecule has 0 spiro atoms. The Hall–Kier alpha value is -1.34. The molecule has 19 heavy (non-hydrogen) atoms. The molecule has 0 saturated carbocycles.